The first-order valence-corrected chi connectivity index (χ1v) is 11.7. The molecule has 1 unspecified atom stereocenters. The van der Waals surface area contributed by atoms with Gasteiger partial charge in [-0.25, -0.2) is 8.78 Å². The Morgan fingerprint density at radius 3 is 2.36 bits per heavy atom. The lowest BCUT2D eigenvalue weighted by atomic mass is 9.94. The van der Waals surface area contributed by atoms with E-state index in [1.165, 1.54) is 47.4 Å². The van der Waals surface area contributed by atoms with E-state index < -0.39 is 35.1 Å². The van der Waals surface area contributed by atoms with Crippen LogP contribution in [0.2, 0.25) is 0 Å². The highest BCUT2D eigenvalue weighted by Crippen LogP contribution is 2.41. The molecule has 1 heterocycles. The van der Waals surface area contributed by atoms with Crippen LogP contribution in [0.15, 0.2) is 72.3 Å². The van der Waals surface area contributed by atoms with Crippen LogP contribution >= 0.6 is 0 Å². The normalized spacial score (nSPS) is 17.2. The van der Waals surface area contributed by atoms with Gasteiger partial charge in [-0.1, -0.05) is 44.2 Å². The highest BCUT2D eigenvalue weighted by molar-refractivity contribution is 6.46. The van der Waals surface area contributed by atoms with E-state index in [1.807, 2.05) is 20.8 Å². The van der Waals surface area contributed by atoms with Gasteiger partial charge in [-0.2, -0.15) is 0 Å². The Labute approximate surface area is 208 Å². The van der Waals surface area contributed by atoms with Gasteiger partial charge in [0.25, 0.3) is 11.7 Å². The zero-order valence-electron chi connectivity index (χ0n) is 20.3. The van der Waals surface area contributed by atoms with E-state index in [9.17, 15) is 23.5 Å². The summed E-state index contributed by atoms with van der Waals surface area (Å²) in [4.78, 5) is 27.5. The van der Waals surface area contributed by atoms with Gasteiger partial charge >= 0.3 is 0 Å². The van der Waals surface area contributed by atoms with Crippen molar-refractivity contribution in [3.05, 3.63) is 106 Å². The molecule has 4 rings (SSSR count). The molecular formula is C29H27F2NO4. The van der Waals surface area contributed by atoms with E-state index in [2.05, 4.69) is 0 Å². The van der Waals surface area contributed by atoms with Gasteiger partial charge in [-0.05, 0) is 60.4 Å². The van der Waals surface area contributed by atoms with Gasteiger partial charge in [0, 0.05) is 17.7 Å². The van der Waals surface area contributed by atoms with Gasteiger partial charge in [-0.15, -0.1) is 0 Å². The first-order chi connectivity index (χ1) is 17.2. The average Bonchev–Trinajstić information content (AvgIpc) is 3.09. The maximum absolute atomic E-state index is 14.9. The van der Waals surface area contributed by atoms with Crippen LogP contribution in [-0.2, 0) is 16.1 Å². The molecular weight excluding hydrogens is 464 g/mol. The minimum Gasteiger partial charge on any atom is -0.507 e. The van der Waals surface area contributed by atoms with Crippen LogP contribution in [0.1, 0.15) is 42.1 Å². The average molecular weight is 492 g/mol. The second kappa shape index (κ2) is 10.3. The molecule has 7 heteroatoms. The van der Waals surface area contributed by atoms with E-state index in [-0.39, 0.29) is 17.7 Å². The number of rotatable bonds is 7. The number of halogens is 2. The number of ether oxygens (including phenoxy) is 1. The molecule has 1 atom stereocenters. The maximum atomic E-state index is 14.9. The van der Waals surface area contributed by atoms with Crippen LogP contribution in [0.5, 0.6) is 5.75 Å². The molecule has 3 aromatic rings. The first-order valence-electron chi connectivity index (χ1n) is 11.7. The van der Waals surface area contributed by atoms with Gasteiger partial charge < -0.3 is 14.7 Å². The maximum Gasteiger partial charge on any atom is 0.295 e. The molecule has 0 bridgehead atoms. The summed E-state index contributed by atoms with van der Waals surface area (Å²) in [5.74, 6) is -2.28. The second-order valence-corrected chi connectivity index (χ2v) is 9.26. The molecule has 0 saturated carbocycles. The van der Waals surface area contributed by atoms with Crippen LogP contribution in [0, 0.1) is 24.5 Å². The Morgan fingerprint density at radius 1 is 1.03 bits per heavy atom. The molecule has 0 radical (unpaired) electrons. The van der Waals surface area contributed by atoms with Crippen molar-refractivity contribution in [3.63, 3.8) is 0 Å². The number of aryl methyl sites for hydroxylation is 1. The predicted octanol–water partition coefficient (Wildman–Crippen LogP) is 5.93. The number of benzene rings is 3. The van der Waals surface area contributed by atoms with Gasteiger partial charge in [0.2, 0.25) is 0 Å². The molecule has 1 fully saturated rings. The summed E-state index contributed by atoms with van der Waals surface area (Å²) in [5.41, 5.74) is 1.48. The van der Waals surface area contributed by atoms with E-state index in [0.717, 1.165) is 5.56 Å². The zero-order valence-corrected chi connectivity index (χ0v) is 20.3. The van der Waals surface area contributed by atoms with Crippen molar-refractivity contribution in [3.8, 4) is 5.75 Å². The van der Waals surface area contributed by atoms with Gasteiger partial charge in [0.1, 0.15) is 23.1 Å². The van der Waals surface area contributed by atoms with Crippen molar-refractivity contribution in [2.24, 2.45) is 5.92 Å². The number of hydrogen-bond acceptors (Lipinski definition) is 4. The van der Waals surface area contributed by atoms with Crippen molar-refractivity contribution < 1.29 is 28.2 Å². The minimum absolute atomic E-state index is 0.0678. The lowest BCUT2D eigenvalue weighted by Crippen LogP contribution is -2.29. The molecule has 1 aliphatic rings. The largest absolute Gasteiger partial charge is 0.507 e. The SMILES string of the molecule is Cc1cc(/C(O)=C2\C(=O)C(=O)N(Cc3ccc(F)cc3)C2c2ccccc2F)ccc1OCC(C)C. The van der Waals surface area contributed by atoms with Gasteiger partial charge in [0.15, 0.2) is 0 Å². The van der Waals surface area contributed by atoms with E-state index in [1.54, 1.807) is 24.3 Å². The number of nitrogens with zero attached hydrogens (tertiary/aromatic N) is 1. The monoisotopic (exact) mass is 491 g/mol. The number of likely N-dealkylation sites (tertiary alicyclic amines) is 1. The summed E-state index contributed by atoms with van der Waals surface area (Å²) in [7, 11) is 0. The molecule has 0 aromatic heterocycles. The van der Waals surface area contributed by atoms with Gasteiger partial charge in [-0.3, -0.25) is 9.59 Å². The van der Waals surface area contributed by atoms with Crippen LogP contribution in [-0.4, -0.2) is 28.3 Å². The van der Waals surface area contributed by atoms with Crippen molar-refractivity contribution in [1.29, 1.82) is 0 Å². The van der Waals surface area contributed by atoms with Crippen molar-refractivity contribution in [1.82, 2.24) is 4.90 Å². The first kappa shape index (κ1) is 25.1. The molecule has 3 aromatic carbocycles. The Morgan fingerprint density at radius 2 is 1.72 bits per heavy atom. The fourth-order valence-corrected chi connectivity index (χ4v) is 4.22. The molecule has 1 aliphatic heterocycles. The molecule has 186 valence electrons. The molecule has 1 N–H and O–H groups in total. The van der Waals surface area contributed by atoms with Crippen LogP contribution in [0.4, 0.5) is 8.78 Å². The summed E-state index contributed by atoms with van der Waals surface area (Å²) < 4.78 is 34.1. The molecule has 5 nitrogen and oxygen atoms in total. The van der Waals surface area contributed by atoms with Crippen molar-refractivity contribution in [2.75, 3.05) is 6.61 Å². The highest BCUT2D eigenvalue weighted by Gasteiger charge is 2.47. The number of amides is 1. The number of aliphatic hydroxyl groups is 1. The quantitative estimate of drug-likeness (QED) is 0.253. The third-order valence-corrected chi connectivity index (χ3v) is 6.03. The van der Waals surface area contributed by atoms with Crippen LogP contribution in [0.25, 0.3) is 5.76 Å². The third kappa shape index (κ3) is 5.00. The topological polar surface area (TPSA) is 66.8 Å². The third-order valence-electron chi connectivity index (χ3n) is 6.03. The Hall–Kier alpha value is -4.00. The number of ketones is 1. The second-order valence-electron chi connectivity index (χ2n) is 9.26. The van der Waals surface area contributed by atoms with Crippen LogP contribution < -0.4 is 4.74 Å². The Kier molecular flexibility index (Phi) is 7.20. The molecule has 0 aliphatic carbocycles. The number of aliphatic hydroxyl groups excluding tert-OH is 1. The highest BCUT2D eigenvalue weighted by atomic mass is 19.1. The summed E-state index contributed by atoms with van der Waals surface area (Å²) in [6.45, 7) is 6.33. The lowest BCUT2D eigenvalue weighted by molar-refractivity contribution is -0.140. The number of carbonyl (C=O) groups is 2. The predicted molar refractivity (Wildman–Crippen MR) is 132 cm³/mol. The summed E-state index contributed by atoms with van der Waals surface area (Å²) in [6, 6.07) is 15.1. The standard InChI is InChI=1S/C29H27F2NO4/c1-17(2)16-36-24-13-10-20(14-18(24)3)27(33)25-26(22-6-4-5-7-23(22)31)32(29(35)28(25)34)15-19-8-11-21(30)12-9-19/h4-14,17,26,33H,15-16H2,1-3H3/b27-25+. The van der Waals surface area contributed by atoms with Gasteiger partial charge in [0.05, 0.1) is 18.2 Å². The fraction of sp³-hybridized carbons (Fsp3) is 0.241. The summed E-state index contributed by atoms with van der Waals surface area (Å²) >= 11 is 0. The lowest BCUT2D eigenvalue weighted by Gasteiger charge is -2.26. The van der Waals surface area contributed by atoms with E-state index in [4.69, 9.17) is 4.74 Å². The molecule has 0 spiro atoms. The smallest absolute Gasteiger partial charge is 0.295 e. The molecule has 1 amide bonds. The molecule has 1 saturated heterocycles. The summed E-state index contributed by atoms with van der Waals surface area (Å²) in [5, 5.41) is 11.3. The number of hydrogen-bond donors (Lipinski definition) is 1. The zero-order chi connectivity index (χ0) is 26.0. The minimum atomic E-state index is -1.16. The Bertz CT molecular complexity index is 1330. The fourth-order valence-electron chi connectivity index (χ4n) is 4.22. The van der Waals surface area contributed by atoms with Crippen molar-refractivity contribution >= 4 is 17.4 Å². The molecule has 36 heavy (non-hydrogen) atoms. The number of Topliss-reactive ketones (excluding diaryl/α,β-unsaturated/α-hetero) is 1. The number of carbonyl (C=O) groups excluding carboxylic acids is 2. The van der Waals surface area contributed by atoms with E-state index in [0.29, 0.717) is 29.4 Å². The van der Waals surface area contributed by atoms with E-state index >= 15 is 0 Å². The van der Waals surface area contributed by atoms with Crippen LogP contribution in [0.3, 0.4) is 0 Å². The Balaban J connectivity index is 1.80. The summed E-state index contributed by atoms with van der Waals surface area (Å²) in [6.07, 6.45) is 0. The van der Waals surface area contributed by atoms with Crippen molar-refractivity contribution in [2.45, 2.75) is 33.4 Å².